The molecule has 0 radical (unpaired) electrons. The van der Waals surface area contributed by atoms with Crippen molar-refractivity contribution in [3.05, 3.63) is 60.3 Å². The highest BCUT2D eigenvalue weighted by atomic mass is 16.3. The molecule has 1 fully saturated rings. The summed E-state index contributed by atoms with van der Waals surface area (Å²) in [7, 11) is 1.93. The van der Waals surface area contributed by atoms with Crippen molar-refractivity contribution in [3.63, 3.8) is 0 Å². The fourth-order valence-electron chi connectivity index (χ4n) is 3.43. The molecular weight excluding hydrogens is 304 g/mol. The third-order valence-electron chi connectivity index (χ3n) is 4.54. The van der Waals surface area contributed by atoms with E-state index in [-0.39, 0.29) is 24.0 Å². The number of para-hydroxylation sites is 1. The van der Waals surface area contributed by atoms with Gasteiger partial charge in [-0.2, -0.15) is 0 Å². The standard InChI is InChI=1S/C19H16N2O3/c1-20-11-16(14-7-2-3-8-17(14)20)15-10-18(23)21(19(15)24)12-5-4-6-13(22)9-12/h2-9,11,15,22H,10H2,1H3. The van der Waals surface area contributed by atoms with Gasteiger partial charge in [0, 0.05) is 36.6 Å². The van der Waals surface area contributed by atoms with Crippen LogP contribution in [0.15, 0.2) is 54.7 Å². The summed E-state index contributed by atoms with van der Waals surface area (Å²) >= 11 is 0. The summed E-state index contributed by atoms with van der Waals surface area (Å²) in [5.74, 6) is -0.960. The molecule has 5 heteroatoms. The molecule has 2 aromatic carbocycles. The maximum atomic E-state index is 12.9. The number of hydrogen-bond acceptors (Lipinski definition) is 3. The van der Waals surface area contributed by atoms with Gasteiger partial charge in [-0.15, -0.1) is 0 Å². The van der Waals surface area contributed by atoms with Gasteiger partial charge in [-0.25, -0.2) is 4.90 Å². The van der Waals surface area contributed by atoms with Crippen LogP contribution in [-0.2, 0) is 16.6 Å². The number of rotatable bonds is 2. The summed E-state index contributed by atoms with van der Waals surface area (Å²) in [6, 6.07) is 14.1. The zero-order chi connectivity index (χ0) is 16.8. The van der Waals surface area contributed by atoms with Crippen LogP contribution in [-0.4, -0.2) is 21.5 Å². The normalized spacial score (nSPS) is 17.9. The lowest BCUT2D eigenvalue weighted by molar-refractivity contribution is -0.121. The zero-order valence-electron chi connectivity index (χ0n) is 13.1. The molecule has 1 aliphatic heterocycles. The third-order valence-corrected chi connectivity index (χ3v) is 4.54. The second kappa shape index (κ2) is 5.23. The number of amides is 2. The Morgan fingerprint density at radius 3 is 2.67 bits per heavy atom. The Labute approximate surface area is 138 Å². The summed E-state index contributed by atoms with van der Waals surface area (Å²) < 4.78 is 1.97. The number of hydrogen-bond donors (Lipinski definition) is 1. The predicted octanol–water partition coefficient (Wildman–Crippen LogP) is 2.93. The first-order chi connectivity index (χ1) is 11.6. The number of carbonyl (C=O) groups is 2. The van der Waals surface area contributed by atoms with E-state index in [0.717, 1.165) is 16.5 Å². The van der Waals surface area contributed by atoms with Crippen LogP contribution in [0, 0.1) is 0 Å². The van der Waals surface area contributed by atoms with Crippen molar-refractivity contribution in [3.8, 4) is 5.75 Å². The van der Waals surface area contributed by atoms with E-state index >= 15 is 0 Å². The van der Waals surface area contributed by atoms with E-state index in [4.69, 9.17) is 0 Å². The van der Waals surface area contributed by atoms with E-state index in [2.05, 4.69) is 0 Å². The van der Waals surface area contributed by atoms with E-state index in [1.807, 2.05) is 42.1 Å². The number of aryl methyl sites for hydroxylation is 1. The lowest BCUT2D eigenvalue weighted by Gasteiger charge is -2.15. The Balaban J connectivity index is 1.78. The van der Waals surface area contributed by atoms with Gasteiger partial charge in [0.2, 0.25) is 11.8 Å². The topological polar surface area (TPSA) is 62.5 Å². The number of aromatic hydroxyl groups is 1. The molecule has 2 heterocycles. The first kappa shape index (κ1) is 14.5. The molecule has 24 heavy (non-hydrogen) atoms. The largest absolute Gasteiger partial charge is 0.508 e. The Kier molecular flexibility index (Phi) is 3.16. The van der Waals surface area contributed by atoms with Crippen molar-refractivity contribution in [1.29, 1.82) is 0 Å². The van der Waals surface area contributed by atoms with Crippen molar-refractivity contribution in [1.82, 2.24) is 4.57 Å². The summed E-state index contributed by atoms with van der Waals surface area (Å²) in [6.07, 6.45) is 2.06. The lowest BCUT2D eigenvalue weighted by atomic mass is 9.97. The molecule has 0 spiro atoms. The SMILES string of the molecule is Cn1cc(C2CC(=O)N(c3cccc(O)c3)C2=O)c2ccccc21. The maximum Gasteiger partial charge on any atom is 0.241 e. The van der Waals surface area contributed by atoms with Gasteiger partial charge in [-0.3, -0.25) is 9.59 Å². The van der Waals surface area contributed by atoms with E-state index in [9.17, 15) is 14.7 Å². The Hall–Kier alpha value is -3.08. The molecule has 1 aromatic heterocycles. The van der Waals surface area contributed by atoms with Gasteiger partial charge in [-0.1, -0.05) is 24.3 Å². The van der Waals surface area contributed by atoms with Gasteiger partial charge in [-0.05, 0) is 23.8 Å². The molecule has 4 rings (SSSR count). The van der Waals surface area contributed by atoms with Gasteiger partial charge in [0.15, 0.2) is 0 Å². The molecule has 120 valence electrons. The number of fused-ring (bicyclic) bond motifs is 1. The van der Waals surface area contributed by atoms with E-state index in [1.165, 1.54) is 17.0 Å². The average Bonchev–Trinajstić information content (AvgIpc) is 3.05. The van der Waals surface area contributed by atoms with Crippen LogP contribution in [0.2, 0.25) is 0 Å². The fraction of sp³-hybridized carbons (Fsp3) is 0.158. The quantitative estimate of drug-likeness (QED) is 0.739. The molecule has 2 amide bonds. The van der Waals surface area contributed by atoms with Crippen LogP contribution in [0.4, 0.5) is 5.69 Å². The van der Waals surface area contributed by atoms with Crippen molar-refractivity contribution in [2.75, 3.05) is 4.90 Å². The highest BCUT2D eigenvalue weighted by Gasteiger charge is 2.41. The van der Waals surface area contributed by atoms with Gasteiger partial charge in [0.05, 0.1) is 11.6 Å². The summed E-state index contributed by atoms with van der Waals surface area (Å²) in [5, 5.41) is 10.6. The molecule has 0 bridgehead atoms. The predicted molar refractivity (Wildman–Crippen MR) is 90.9 cm³/mol. The van der Waals surface area contributed by atoms with Gasteiger partial charge >= 0.3 is 0 Å². The molecule has 1 saturated heterocycles. The minimum Gasteiger partial charge on any atom is -0.508 e. The molecule has 0 saturated carbocycles. The molecule has 0 aliphatic carbocycles. The van der Waals surface area contributed by atoms with E-state index in [1.54, 1.807) is 12.1 Å². The van der Waals surface area contributed by atoms with E-state index in [0.29, 0.717) is 5.69 Å². The number of aromatic nitrogens is 1. The summed E-state index contributed by atoms with van der Waals surface area (Å²) in [6.45, 7) is 0. The first-order valence-corrected chi connectivity index (χ1v) is 7.76. The van der Waals surface area contributed by atoms with Crippen LogP contribution in [0.25, 0.3) is 10.9 Å². The number of anilines is 1. The van der Waals surface area contributed by atoms with Crippen LogP contribution < -0.4 is 4.90 Å². The van der Waals surface area contributed by atoms with Crippen LogP contribution in [0.5, 0.6) is 5.75 Å². The van der Waals surface area contributed by atoms with Gasteiger partial charge < -0.3 is 9.67 Å². The second-order valence-corrected chi connectivity index (χ2v) is 6.06. The second-order valence-electron chi connectivity index (χ2n) is 6.06. The van der Waals surface area contributed by atoms with E-state index < -0.39 is 5.92 Å². The molecule has 3 aromatic rings. The monoisotopic (exact) mass is 320 g/mol. The van der Waals surface area contributed by atoms with Crippen molar-refractivity contribution >= 4 is 28.4 Å². The molecule has 5 nitrogen and oxygen atoms in total. The molecule has 1 aliphatic rings. The molecule has 1 unspecified atom stereocenters. The van der Waals surface area contributed by atoms with Crippen LogP contribution in [0.1, 0.15) is 17.9 Å². The first-order valence-electron chi connectivity index (χ1n) is 7.76. The van der Waals surface area contributed by atoms with Crippen LogP contribution in [0.3, 0.4) is 0 Å². The summed E-state index contributed by atoms with van der Waals surface area (Å²) in [5.41, 5.74) is 2.31. The van der Waals surface area contributed by atoms with Crippen molar-refractivity contribution < 1.29 is 14.7 Å². The van der Waals surface area contributed by atoms with Gasteiger partial charge in [0.1, 0.15) is 5.75 Å². The number of benzene rings is 2. The fourth-order valence-corrected chi connectivity index (χ4v) is 3.43. The number of carbonyl (C=O) groups excluding carboxylic acids is 2. The Bertz CT molecular complexity index is 974. The van der Waals surface area contributed by atoms with Gasteiger partial charge in [0.25, 0.3) is 0 Å². The number of phenols is 1. The lowest BCUT2D eigenvalue weighted by Crippen LogP contribution is -2.29. The molecular formula is C19H16N2O3. The molecule has 1 atom stereocenters. The molecule has 1 N–H and O–H groups in total. The number of phenolic OH excluding ortho intramolecular Hbond substituents is 1. The van der Waals surface area contributed by atoms with Crippen molar-refractivity contribution in [2.45, 2.75) is 12.3 Å². The Morgan fingerprint density at radius 2 is 1.88 bits per heavy atom. The highest BCUT2D eigenvalue weighted by molar-refractivity contribution is 6.23. The summed E-state index contributed by atoms with van der Waals surface area (Å²) in [4.78, 5) is 26.5. The third kappa shape index (κ3) is 2.09. The average molecular weight is 320 g/mol. The smallest absolute Gasteiger partial charge is 0.241 e. The highest BCUT2D eigenvalue weighted by Crippen LogP contribution is 2.37. The number of imide groups is 1. The maximum absolute atomic E-state index is 12.9. The van der Waals surface area contributed by atoms with Crippen molar-refractivity contribution in [2.24, 2.45) is 7.05 Å². The Morgan fingerprint density at radius 1 is 1.08 bits per heavy atom. The minimum atomic E-state index is -0.494. The minimum absolute atomic E-state index is 0.0294. The van der Waals surface area contributed by atoms with Crippen LogP contribution >= 0.6 is 0 Å². The number of nitrogens with zero attached hydrogens (tertiary/aromatic N) is 2. The zero-order valence-corrected chi connectivity index (χ0v) is 13.1.